The largest absolute Gasteiger partial charge is 0.465 e. The van der Waals surface area contributed by atoms with Crippen molar-refractivity contribution in [3.05, 3.63) is 46.5 Å². The van der Waals surface area contributed by atoms with Crippen molar-refractivity contribution in [2.45, 2.75) is 18.8 Å². The molecule has 2 heterocycles. The maximum absolute atomic E-state index is 12.3. The van der Waals surface area contributed by atoms with Gasteiger partial charge in [-0.25, -0.2) is 9.78 Å². The molecule has 1 aliphatic rings. The van der Waals surface area contributed by atoms with Crippen molar-refractivity contribution in [1.82, 2.24) is 10.3 Å². The van der Waals surface area contributed by atoms with Gasteiger partial charge in [-0.05, 0) is 56.1 Å². The summed E-state index contributed by atoms with van der Waals surface area (Å²) in [5.41, 5.74) is 0.887. The van der Waals surface area contributed by atoms with E-state index in [0.29, 0.717) is 22.2 Å². The third-order valence-electron chi connectivity index (χ3n) is 4.05. The van der Waals surface area contributed by atoms with E-state index in [9.17, 15) is 9.59 Å². The molecule has 0 unspecified atom stereocenters. The average Bonchev–Trinajstić information content (AvgIpc) is 3.10. The van der Waals surface area contributed by atoms with Crippen molar-refractivity contribution >= 4 is 28.3 Å². The number of aromatic nitrogens is 1. The molecular formula is C17H19N3O3S. The molecule has 0 bridgehead atoms. The van der Waals surface area contributed by atoms with Gasteiger partial charge >= 0.3 is 5.97 Å². The summed E-state index contributed by atoms with van der Waals surface area (Å²) in [5.74, 6) is -0.139. The second-order valence-corrected chi connectivity index (χ2v) is 6.68. The minimum atomic E-state index is -0.423. The van der Waals surface area contributed by atoms with Crippen molar-refractivity contribution in [1.29, 1.82) is 0 Å². The molecule has 24 heavy (non-hydrogen) atoms. The third-order valence-corrected chi connectivity index (χ3v) is 5.13. The molecular weight excluding hydrogens is 326 g/mol. The SMILES string of the molecule is COC(=O)c1ccc(C(=O)Nc2ncc(C3CCNCC3)s2)cc1. The van der Waals surface area contributed by atoms with Crippen LogP contribution in [0, 0.1) is 0 Å². The normalized spacial score (nSPS) is 15.0. The van der Waals surface area contributed by atoms with Crippen molar-refractivity contribution < 1.29 is 14.3 Å². The van der Waals surface area contributed by atoms with Crippen molar-refractivity contribution in [2.24, 2.45) is 0 Å². The van der Waals surface area contributed by atoms with E-state index in [0.717, 1.165) is 25.9 Å². The van der Waals surface area contributed by atoms with Crippen LogP contribution in [0.2, 0.25) is 0 Å². The van der Waals surface area contributed by atoms with Crippen LogP contribution >= 0.6 is 11.3 Å². The number of methoxy groups -OCH3 is 1. The second kappa shape index (κ2) is 7.55. The molecule has 7 heteroatoms. The molecule has 3 rings (SSSR count). The Hall–Kier alpha value is -2.25. The standard InChI is InChI=1S/C17H19N3O3S/c1-23-16(22)13-4-2-12(3-5-13)15(21)20-17-19-10-14(24-17)11-6-8-18-9-7-11/h2-5,10-11,18H,6-9H2,1H3,(H,19,20,21). The predicted molar refractivity (Wildman–Crippen MR) is 92.7 cm³/mol. The first-order valence-electron chi connectivity index (χ1n) is 7.83. The van der Waals surface area contributed by atoms with Gasteiger partial charge in [0, 0.05) is 16.6 Å². The number of nitrogens with zero attached hydrogens (tertiary/aromatic N) is 1. The molecule has 0 aliphatic carbocycles. The highest BCUT2D eigenvalue weighted by Gasteiger charge is 2.18. The van der Waals surface area contributed by atoms with Gasteiger partial charge in [0.25, 0.3) is 5.91 Å². The van der Waals surface area contributed by atoms with Gasteiger partial charge in [0.1, 0.15) is 0 Å². The fraction of sp³-hybridized carbons (Fsp3) is 0.353. The Morgan fingerprint density at radius 1 is 1.21 bits per heavy atom. The summed E-state index contributed by atoms with van der Waals surface area (Å²) in [6, 6.07) is 6.35. The summed E-state index contributed by atoms with van der Waals surface area (Å²) in [4.78, 5) is 29.2. The lowest BCUT2D eigenvalue weighted by molar-refractivity contribution is 0.0600. The van der Waals surface area contributed by atoms with Gasteiger partial charge in [0.2, 0.25) is 0 Å². The summed E-state index contributed by atoms with van der Waals surface area (Å²) in [6.45, 7) is 2.05. The highest BCUT2D eigenvalue weighted by molar-refractivity contribution is 7.15. The highest BCUT2D eigenvalue weighted by Crippen LogP contribution is 2.31. The van der Waals surface area contributed by atoms with E-state index >= 15 is 0 Å². The second-order valence-electron chi connectivity index (χ2n) is 5.62. The molecule has 1 aromatic heterocycles. The summed E-state index contributed by atoms with van der Waals surface area (Å²) in [6.07, 6.45) is 4.06. The molecule has 1 amide bonds. The zero-order chi connectivity index (χ0) is 16.9. The number of esters is 1. The number of rotatable bonds is 4. The van der Waals surface area contributed by atoms with Crippen LogP contribution in [-0.2, 0) is 4.74 Å². The van der Waals surface area contributed by atoms with Gasteiger partial charge < -0.3 is 10.1 Å². The van der Waals surface area contributed by atoms with E-state index in [-0.39, 0.29) is 5.91 Å². The monoisotopic (exact) mass is 345 g/mol. The first kappa shape index (κ1) is 16.6. The molecule has 0 radical (unpaired) electrons. The lowest BCUT2D eigenvalue weighted by Gasteiger charge is -2.20. The minimum Gasteiger partial charge on any atom is -0.465 e. The molecule has 0 atom stereocenters. The van der Waals surface area contributed by atoms with Gasteiger partial charge in [0.05, 0.1) is 12.7 Å². The average molecular weight is 345 g/mol. The van der Waals surface area contributed by atoms with Gasteiger partial charge in [-0.3, -0.25) is 10.1 Å². The Morgan fingerprint density at radius 3 is 2.54 bits per heavy atom. The Bertz CT molecular complexity index is 721. The van der Waals surface area contributed by atoms with Crippen molar-refractivity contribution in [2.75, 3.05) is 25.5 Å². The van der Waals surface area contributed by atoms with Crippen molar-refractivity contribution in [3.63, 3.8) is 0 Å². The number of carbonyl (C=O) groups is 2. The van der Waals surface area contributed by atoms with E-state index in [1.165, 1.54) is 23.3 Å². The number of carbonyl (C=O) groups excluding carboxylic acids is 2. The number of hydrogen-bond donors (Lipinski definition) is 2. The molecule has 0 saturated carbocycles. The lowest BCUT2D eigenvalue weighted by Crippen LogP contribution is -2.26. The summed E-state index contributed by atoms with van der Waals surface area (Å²) in [5, 5.41) is 6.76. The van der Waals surface area contributed by atoms with E-state index in [1.807, 2.05) is 6.20 Å². The number of ether oxygens (including phenoxy) is 1. The Morgan fingerprint density at radius 2 is 1.88 bits per heavy atom. The van der Waals surface area contributed by atoms with E-state index < -0.39 is 5.97 Å². The Labute approximate surface area is 144 Å². The van der Waals surface area contributed by atoms with E-state index in [4.69, 9.17) is 0 Å². The maximum Gasteiger partial charge on any atom is 0.337 e. The Kier molecular flexibility index (Phi) is 5.22. The third kappa shape index (κ3) is 3.80. The van der Waals surface area contributed by atoms with Crippen LogP contribution in [-0.4, -0.2) is 37.1 Å². The van der Waals surface area contributed by atoms with Gasteiger partial charge in [0.15, 0.2) is 5.13 Å². The van der Waals surface area contributed by atoms with E-state index in [1.54, 1.807) is 24.3 Å². The van der Waals surface area contributed by atoms with Gasteiger partial charge in [-0.2, -0.15) is 0 Å². The van der Waals surface area contributed by atoms with Crippen LogP contribution in [0.4, 0.5) is 5.13 Å². The maximum atomic E-state index is 12.3. The number of benzene rings is 1. The van der Waals surface area contributed by atoms with Gasteiger partial charge in [-0.1, -0.05) is 0 Å². The van der Waals surface area contributed by atoms with Gasteiger partial charge in [-0.15, -0.1) is 11.3 Å². The number of hydrogen-bond acceptors (Lipinski definition) is 6. The zero-order valence-electron chi connectivity index (χ0n) is 13.4. The fourth-order valence-corrected chi connectivity index (χ4v) is 3.66. The highest BCUT2D eigenvalue weighted by atomic mass is 32.1. The Balaban J connectivity index is 1.64. The van der Waals surface area contributed by atoms with Crippen molar-refractivity contribution in [3.8, 4) is 0 Å². The molecule has 2 aromatic rings. The number of amides is 1. The first-order chi connectivity index (χ1) is 11.7. The lowest BCUT2D eigenvalue weighted by atomic mass is 9.97. The smallest absolute Gasteiger partial charge is 0.337 e. The molecule has 6 nitrogen and oxygen atoms in total. The zero-order valence-corrected chi connectivity index (χ0v) is 14.2. The number of thiazole rings is 1. The molecule has 0 spiro atoms. The van der Waals surface area contributed by atoms with Crippen LogP contribution in [0.15, 0.2) is 30.5 Å². The molecule has 126 valence electrons. The number of piperidine rings is 1. The quantitative estimate of drug-likeness (QED) is 0.833. The molecule has 1 fully saturated rings. The van der Waals surface area contributed by atoms with Crippen LogP contribution < -0.4 is 10.6 Å². The predicted octanol–water partition coefficient (Wildman–Crippen LogP) is 2.65. The van der Waals surface area contributed by atoms with Crippen LogP contribution in [0.1, 0.15) is 44.4 Å². The van der Waals surface area contributed by atoms with Crippen LogP contribution in [0.25, 0.3) is 0 Å². The molecule has 1 saturated heterocycles. The summed E-state index contributed by atoms with van der Waals surface area (Å²) in [7, 11) is 1.32. The topological polar surface area (TPSA) is 80.3 Å². The fourth-order valence-electron chi connectivity index (χ4n) is 2.68. The van der Waals surface area contributed by atoms with Crippen LogP contribution in [0.5, 0.6) is 0 Å². The molecule has 2 N–H and O–H groups in total. The number of anilines is 1. The number of nitrogens with one attached hydrogen (secondary N) is 2. The summed E-state index contributed by atoms with van der Waals surface area (Å²) >= 11 is 1.53. The minimum absolute atomic E-state index is 0.238. The molecule has 1 aromatic carbocycles. The first-order valence-corrected chi connectivity index (χ1v) is 8.65. The summed E-state index contributed by atoms with van der Waals surface area (Å²) < 4.78 is 4.64. The van der Waals surface area contributed by atoms with E-state index in [2.05, 4.69) is 20.4 Å². The molecule has 1 aliphatic heterocycles. The van der Waals surface area contributed by atoms with Crippen LogP contribution in [0.3, 0.4) is 0 Å².